The van der Waals surface area contributed by atoms with Crippen LogP contribution in [0.4, 0.5) is 0 Å². The Hall–Kier alpha value is -0.310. The highest BCUT2D eigenvalue weighted by Gasteiger charge is 1.79. The molecule has 0 atom stereocenters. The number of hydrogen-bond acceptors (Lipinski definition) is 1. The second kappa shape index (κ2) is 10.6. The molecule has 0 fully saturated rings. The van der Waals surface area contributed by atoms with Crippen LogP contribution in [-0.2, 0) is 0 Å². The van der Waals surface area contributed by atoms with Crippen molar-refractivity contribution in [3.63, 3.8) is 0 Å². The van der Waals surface area contributed by atoms with E-state index in [2.05, 4.69) is 24.5 Å². The van der Waals surface area contributed by atoms with E-state index in [1.54, 1.807) is 0 Å². The standard InChI is InChI=1S/C4H10N2S.C2H6/c1-2-3-6-4(5)7;1-2/h2-3H2,1H3,(H3,5,6,7);1-2H3. The first-order chi connectivity index (χ1) is 4.27. The highest BCUT2D eigenvalue weighted by Crippen LogP contribution is 1.66. The van der Waals surface area contributed by atoms with Crippen LogP contribution in [0.1, 0.15) is 27.2 Å². The van der Waals surface area contributed by atoms with Gasteiger partial charge in [0, 0.05) is 6.54 Å². The van der Waals surface area contributed by atoms with Crippen LogP contribution < -0.4 is 11.1 Å². The molecule has 0 heterocycles. The van der Waals surface area contributed by atoms with Gasteiger partial charge in [-0.1, -0.05) is 20.8 Å². The predicted octanol–water partition coefficient (Wildman–Crippen LogP) is 1.26. The van der Waals surface area contributed by atoms with Crippen LogP contribution in [0.15, 0.2) is 0 Å². The lowest BCUT2D eigenvalue weighted by atomic mass is 10.5. The third kappa shape index (κ3) is 18.3. The molecule has 0 saturated heterocycles. The van der Waals surface area contributed by atoms with Crippen molar-refractivity contribution in [2.45, 2.75) is 27.2 Å². The third-order valence-electron chi connectivity index (χ3n) is 0.549. The first-order valence-corrected chi connectivity index (χ1v) is 3.71. The Morgan fingerprint density at radius 2 is 2.00 bits per heavy atom. The van der Waals surface area contributed by atoms with Crippen LogP contribution in [0.25, 0.3) is 0 Å². The minimum absolute atomic E-state index is 0.391. The molecule has 0 aromatic rings. The Morgan fingerprint density at radius 1 is 1.56 bits per heavy atom. The molecule has 0 aliphatic heterocycles. The molecule has 9 heavy (non-hydrogen) atoms. The minimum Gasteiger partial charge on any atom is -0.376 e. The predicted molar refractivity (Wildman–Crippen MR) is 46.4 cm³/mol. The van der Waals surface area contributed by atoms with Crippen molar-refractivity contribution >= 4 is 17.3 Å². The third-order valence-corrected chi connectivity index (χ3v) is 0.694. The topological polar surface area (TPSA) is 38.0 Å². The quantitative estimate of drug-likeness (QED) is 0.579. The van der Waals surface area contributed by atoms with Crippen molar-refractivity contribution in [1.82, 2.24) is 5.32 Å². The Bertz CT molecular complexity index is 64.1. The number of thiocarbonyl (C=S) groups is 1. The number of hydrogen-bond donors (Lipinski definition) is 2. The molecule has 0 saturated carbocycles. The summed E-state index contributed by atoms with van der Waals surface area (Å²) in [6, 6.07) is 0. The summed E-state index contributed by atoms with van der Waals surface area (Å²) in [6.07, 6.45) is 1.07. The Morgan fingerprint density at radius 3 is 2.11 bits per heavy atom. The van der Waals surface area contributed by atoms with Gasteiger partial charge in [-0.05, 0) is 18.6 Å². The van der Waals surface area contributed by atoms with E-state index in [1.807, 2.05) is 13.8 Å². The van der Waals surface area contributed by atoms with Crippen LogP contribution in [-0.4, -0.2) is 11.7 Å². The van der Waals surface area contributed by atoms with Crippen molar-refractivity contribution < 1.29 is 0 Å². The summed E-state index contributed by atoms with van der Waals surface area (Å²) in [5.74, 6) is 0. The molecular formula is C6H16N2S. The van der Waals surface area contributed by atoms with Gasteiger partial charge in [0.05, 0.1) is 0 Å². The van der Waals surface area contributed by atoms with Gasteiger partial charge < -0.3 is 11.1 Å². The molecule has 0 aliphatic carbocycles. The SMILES string of the molecule is CC.CCCNC(N)=S. The van der Waals surface area contributed by atoms with E-state index < -0.39 is 0 Å². The Balaban J connectivity index is 0. The maximum Gasteiger partial charge on any atom is 0.163 e. The minimum atomic E-state index is 0.391. The summed E-state index contributed by atoms with van der Waals surface area (Å²) in [6.45, 7) is 6.95. The molecule has 56 valence electrons. The summed E-state index contributed by atoms with van der Waals surface area (Å²) >= 11 is 4.53. The summed E-state index contributed by atoms with van der Waals surface area (Å²) in [5.41, 5.74) is 5.10. The van der Waals surface area contributed by atoms with Crippen molar-refractivity contribution in [2.24, 2.45) is 5.73 Å². The van der Waals surface area contributed by atoms with Crippen molar-refractivity contribution in [3.8, 4) is 0 Å². The fraction of sp³-hybridized carbons (Fsp3) is 0.833. The van der Waals surface area contributed by atoms with Crippen LogP contribution >= 0.6 is 12.2 Å². The number of nitrogens with one attached hydrogen (secondary N) is 1. The zero-order valence-corrected chi connectivity index (χ0v) is 7.22. The molecule has 0 aromatic heterocycles. The average Bonchev–Trinajstić information content (AvgIpc) is 1.88. The molecule has 0 unspecified atom stereocenters. The van der Waals surface area contributed by atoms with Crippen LogP contribution in [0.5, 0.6) is 0 Å². The molecule has 3 heteroatoms. The summed E-state index contributed by atoms with van der Waals surface area (Å²) in [4.78, 5) is 0. The lowest BCUT2D eigenvalue weighted by Gasteiger charge is -1.96. The van der Waals surface area contributed by atoms with Gasteiger partial charge in [-0.25, -0.2) is 0 Å². The van der Waals surface area contributed by atoms with Crippen molar-refractivity contribution in [2.75, 3.05) is 6.54 Å². The summed E-state index contributed by atoms with van der Waals surface area (Å²) in [7, 11) is 0. The molecule has 0 rings (SSSR count). The van der Waals surface area contributed by atoms with E-state index in [1.165, 1.54) is 0 Å². The Labute approximate surface area is 62.8 Å². The van der Waals surface area contributed by atoms with Gasteiger partial charge in [-0.3, -0.25) is 0 Å². The van der Waals surface area contributed by atoms with Gasteiger partial charge in [0.2, 0.25) is 0 Å². The molecule has 0 aliphatic rings. The molecular weight excluding hydrogens is 132 g/mol. The largest absolute Gasteiger partial charge is 0.376 e. The van der Waals surface area contributed by atoms with E-state index in [4.69, 9.17) is 5.73 Å². The maximum absolute atomic E-state index is 5.10. The monoisotopic (exact) mass is 148 g/mol. The van der Waals surface area contributed by atoms with Gasteiger partial charge in [0.15, 0.2) is 5.11 Å². The van der Waals surface area contributed by atoms with Crippen molar-refractivity contribution in [3.05, 3.63) is 0 Å². The zero-order chi connectivity index (χ0) is 7.70. The first-order valence-electron chi connectivity index (χ1n) is 3.30. The van der Waals surface area contributed by atoms with Gasteiger partial charge >= 0.3 is 0 Å². The average molecular weight is 148 g/mol. The van der Waals surface area contributed by atoms with Gasteiger partial charge in [0.1, 0.15) is 0 Å². The second-order valence-corrected chi connectivity index (χ2v) is 1.73. The molecule has 0 aromatic carbocycles. The molecule has 0 spiro atoms. The lowest BCUT2D eigenvalue weighted by molar-refractivity contribution is 0.843. The summed E-state index contributed by atoms with van der Waals surface area (Å²) < 4.78 is 0. The fourth-order valence-corrected chi connectivity index (χ4v) is 0.350. The maximum atomic E-state index is 5.10. The van der Waals surface area contributed by atoms with Gasteiger partial charge in [-0.2, -0.15) is 0 Å². The van der Waals surface area contributed by atoms with Crippen LogP contribution in [0, 0.1) is 0 Å². The molecule has 0 amide bonds. The number of rotatable bonds is 2. The molecule has 2 nitrogen and oxygen atoms in total. The molecule has 3 N–H and O–H groups in total. The second-order valence-electron chi connectivity index (χ2n) is 1.29. The van der Waals surface area contributed by atoms with Gasteiger partial charge in [0.25, 0.3) is 0 Å². The highest BCUT2D eigenvalue weighted by atomic mass is 32.1. The molecule has 0 bridgehead atoms. The fourth-order valence-electron chi connectivity index (χ4n) is 0.248. The van der Waals surface area contributed by atoms with Crippen molar-refractivity contribution in [1.29, 1.82) is 0 Å². The van der Waals surface area contributed by atoms with Crippen LogP contribution in [0.3, 0.4) is 0 Å². The van der Waals surface area contributed by atoms with E-state index in [0.29, 0.717) is 5.11 Å². The van der Waals surface area contributed by atoms with E-state index in [-0.39, 0.29) is 0 Å². The lowest BCUT2D eigenvalue weighted by Crippen LogP contribution is -2.29. The van der Waals surface area contributed by atoms with E-state index in [9.17, 15) is 0 Å². The zero-order valence-electron chi connectivity index (χ0n) is 6.40. The van der Waals surface area contributed by atoms with Gasteiger partial charge in [-0.15, -0.1) is 0 Å². The van der Waals surface area contributed by atoms with E-state index in [0.717, 1.165) is 13.0 Å². The number of nitrogens with two attached hydrogens (primary N) is 1. The first kappa shape index (κ1) is 11.5. The smallest absolute Gasteiger partial charge is 0.163 e. The highest BCUT2D eigenvalue weighted by molar-refractivity contribution is 7.80. The normalized spacial score (nSPS) is 7.00. The Kier molecular flexibility index (Phi) is 13.6. The molecule has 0 radical (unpaired) electrons. The van der Waals surface area contributed by atoms with E-state index >= 15 is 0 Å². The summed E-state index contributed by atoms with van der Waals surface area (Å²) in [5, 5.41) is 3.20. The van der Waals surface area contributed by atoms with Crippen LogP contribution in [0.2, 0.25) is 0 Å².